The third kappa shape index (κ3) is 5.08. The molecule has 2 aromatic carbocycles. The average Bonchev–Trinajstić information content (AvgIpc) is 2.69. The number of nitrogens with zero attached hydrogens (tertiary/aromatic N) is 1. The first-order valence-electron chi connectivity index (χ1n) is 9.31. The van der Waals surface area contributed by atoms with Gasteiger partial charge in [-0.05, 0) is 30.3 Å². The molecule has 6 nitrogen and oxygen atoms in total. The van der Waals surface area contributed by atoms with Crippen LogP contribution >= 0.6 is 0 Å². The van der Waals surface area contributed by atoms with Gasteiger partial charge in [-0.2, -0.15) is 0 Å². The summed E-state index contributed by atoms with van der Waals surface area (Å²) >= 11 is 0. The van der Waals surface area contributed by atoms with Gasteiger partial charge >= 0.3 is 0 Å². The lowest BCUT2D eigenvalue weighted by Crippen LogP contribution is -3.15. The van der Waals surface area contributed by atoms with Gasteiger partial charge in [0.1, 0.15) is 24.9 Å². The van der Waals surface area contributed by atoms with Crippen LogP contribution in [0.2, 0.25) is 0 Å². The minimum atomic E-state index is -3.79. The number of hydrogen-bond acceptors (Lipinski definition) is 4. The number of rotatable bonds is 7. The van der Waals surface area contributed by atoms with Crippen LogP contribution in [0.3, 0.4) is 0 Å². The summed E-state index contributed by atoms with van der Waals surface area (Å²) in [6.45, 7) is 3.15. The summed E-state index contributed by atoms with van der Waals surface area (Å²) in [7, 11) is 0.169. The molecule has 0 radical (unpaired) electrons. The molecule has 28 heavy (non-hydrogen) atoms. The van der Waals surface area contributed by atoms with Crippen molar-refractivity contribution in [2.45, 2.75) is 10.9 Å². The molecular weight excluding hydrogens is 381 g/mol. The minimum Gasteiger partial charge on any atom is -0.378 e. The molecule has 1 aliphatic rings. The molecule has 0 saturated carbocycles. The van der Waals surface area contributed by atoms with Crippen LogP contribution in [-0.2, 0) is 14.8 Å². The summed E-state index contributed by atoms with van der Waals surface area (Å²) in [6, 6.07) is 13.1. The topological polar surface area (TPSA) is 63.1 Å². The van der Waals surface area contributed by atoms with E-state index in [0.717, 1.165) is 30.4 Å². The zero-order valence-electron chi connectivity index (χ0n) is 16.2. The van der Waals surface area contributed by atoms with Crippen molar-refractivity contribution in [3.8, 4) is 0 Å². The number of morpholine rings is 1. The SMILES string of the molecule is CN(C)c1ccc([C@@H](CNS(=O)(=O)c2cccc(F)c2)[NH+]2CCOCC2)cc1. The number of nitrogens with one attached hydrogen (secondary N) is 2. The molecule has 3 rings (SSSR count). The molecule has 0 amide bonds. The molecule has 8 heteroatoms. The molecule has 0 aromatic heterocycles. The van der Waals surface area contributed by atoms with E-state index in [2.05, 4.69) is 4.72 Å². The molecule has 1 saturated heterocycles. The predicted octanol–water partition coefficient (Wildman–Crippen LogP) is 0.826. The van der Waals surface area contributed by atoms with Gasteiger partial charge in [0, 0.05) is 25.3 Å². The fourth-order valence-electron chi connectivity index (χ4n) is 3.40. The molecule has 2 aromatic rings. The first kappa shape index (κ1) is 20.7. The van der Waals surface area contributed by atoms with Gasteiger partial charge in [0.2, 0.25) is 10.0 Å². The Bertz CT molecular complexity index is 882. The molecule has 1 fully saturated rings. The highest BCUT2D eigenvalue weighted by Crippen LogP contribution is 2.17. The second-order valence-corrected chi connectivity index (χ2v) is 8.89. The van der Waals surface area contributed by atoms with E-state index in [1.165, 1.54) is 23.1 Å². The van der Waals surface area contributed by atoms with E-state index in [1.807, 2.05) is 43.3 Å². The largest absolute Gasteiger partial charge is 0.378 e. The fourth-order valence-corrected chi connectivity index (χ4v) is 4.47. The van der Waals surface area contributed by atoms with Crippen molar-refractivity contribution in [1.29, 1.82) is 0 Å². The number of benzene rings is 2. The van der Waals surface area contributed by atoms with Crippen molar-refractivity contribution >= 4 is 15.7 Å². The lowest BCUT2D eigenvalue weighted by molar-refractivity contribution is -0.937. The second-order valence-electron chi connectivity index (χ2n) is 7.12. The van der Waals surface area contributed by atoms with E-state index in [-0.39, 0.29) is 17.5 Å². The van der Waals surface area contributed by atoms with Crippen LogP contribution in [0.4, 0.5) is 10.1 Å². The monoisotopic (exact) mass is 408 g/mol. The van der Waals surface area contributed by atoms with Crippen molar-refractivity contribution in [1.82, 2.24) is 4.72 Å². The molecular formula is C20H27FN3O3S+. The maximum atomic E-state index is 13.4. The van der Waals surface area contributed by atoms with Gasteiger partial charge in [0.25, 0.3) is 0 Å². The Hall–Kier alpha value is -2.00. The summed E-state index contributed by atoms with van der Waals surface area (Å²) in [5.41, 5.74) is 2.14. The van der Waals surface area contributed by atoms with Gasteiger partial charge in [0.05, 0.1) is 24.7 Å². The predicted molar refractivity (Wildman–Crippen MR) is 107 cm³/mol. The maximum absolute atomic E-state index is 13.4. The molecule has 1 aliphatic heterocycles. The summed E-state index contributed by atoms with van der Waals surface area (Å²) < 4.78 is 46.8. The smallest absolute Gasteiger partial charge is 0.240 e. The molecule has 0 bridgehead atoms. The van der Waals surface area contributed by atoms with E-state index < -0.39 is 15.8 Å². The van der Waals surface area contributed by atoms with Crippen LogP contribution in [0, 0.1) is 5.82 Å². The molecule has 1 atom stereocenters. The van der Waals surface area contributed by atoms with E-state index in [4.69, 9.17) is 4.74 Å². The first-order valence-corrected chi connectivity index (χ1v) is 10.8. The van der Waals surface area contributed by atoms with Gasteiger partial charge < -0.3 is 14.5 Å². The molecule has 0 aliphatic carbocycles. The van der Waals surface area contributed by atoms with Gasteiger partial charge in [-0.3, -0.25) is 0 Å². The fraction of sp³-hybridized carbons (Fsp3) is 0.400. The van der Waals surface area contributed by atoms with Crippen LogP contribution in [0.25, 0.3) is 0 Å². The van der Waals surface area contributed by atoms with Gasteiger partial charge in [-0.15, -0.1) is 0 Å². The Morgan fingerprint density at radius 1 is 1.14 bits per heavy atom. The Morgan fingerprint density at radius 2 is 1.82 bits per heavy atom. The number of sulfonamides is 1. The van der Waals surface area contributed by atoms with Crippen LogP contribution in [0.5, 0.6) is 0 Å². The molecule has 152 valence electrons. The molecule has 2 N–H and O–H groups in total. The van der Waals surface area contributed by atoms with Crippen LogP contribution in [0.15, 0.2) is 53.4 Å². The summed E-state index contributed by atoms with van der Waals surface area (Å²) in [5, 5.41) is 0. The van der Waals surface area contributed by atoms with E-state index in [9.17, 15) is 12.8 Å². The highest BCUT2D eigenvalue weighted by molar-refractivity contribution is 7.89. The van der Waals surface area contributed by atoms with Gasteiger partial charge in [-0.25, -0.2) is 17.5 Å². The zero-order valence-corrected chi connectivity index (χ0v) is 17.0. The summed E-state index contributed by atoms with van der Waals surface area (Å²) in [6.07, 6.45) is 0. The molecule has 0 spiro atoms. The van der Waals surface area contributed by atoms with Crippen LogP contribution < -0.4 is 14.5 Å². The third-order valence-corrected chi connectivity index (χ3v) is 6.44. The van der Waals surface area contributed by atoms with Crippen molar-refractivity contribution < 1.29 is 22.4 Å². The van der Waals surface area contributed by atoms with Crippen LogP contribution in [0.1, 0.15) is 11.6 Å². The van der Waals surface area contributed by atoms with E-state index >= 15 is 0 Å². The Labute approximate surface area is 166 Å². The number of ether oxygens (including phenoxy) is 1. The van der Waals surface area contributed by atoms with E-state index in [1.54, 1.807) is 0 Å². The van der Waals surface area contributed by atoms with Crippen molar-refractivity contribution in [2.24, 2.45) is 0 Å². The van der Waals surface area contributed by atoms with Crippen molar-refractivity contribution in [2.75, 3.05) is 51.8 Å². The lowest BCUT2D eigenvalue weighted by atomic mass is 10.0. The van der Waals surface area contributed by atoms with E-state index in [0.29, 0.717) is 13.2 Å². The summed E-state index contributed by atoms with van der Waals surface area (Å²) in [5.74, 6) is -0.572. The Kier molecular flexibility index (Phi) is 6.66. The third-order valence-electron chi connectivity index (χ3n) is 5.02. The number of halogens is 1. The maximum Gasteiger partial charge on any atom is 0.240 e. The van der Waals surface area contributed by atoms with Crippen molar-refractivity contribution in [3.63, 3.8) is 0 Å². The normalized spacial score (nSPS) is 16.7. The highest BCUT2D eigenvalue weighted by atomic mass is 32.2. The standard InChI is InChI=1S/C20H26FN3O3S/c1-23(2)18-8-6-16(7-9-18)20(24-10-12-27-13-11-24)15-22-28(25,26)19-5-3-4-17(21)14-19/h3-9,14,20,22H,10-13,15H2,1-2H3/p+1/t20-/m1/s1. The molecule has 1 heterocycles. The van der Waals surface area contributed by atoms with Gasteiger partial charge in [-0.1, -0.05) is 18.2 Å². The van der Waals surface area contributed by atoms with Crippen LogP contribution in [-0.4, -0.2) is 55.4 Å². The summed E-state index contributed by atoms with van der Waals surface area (Å²) in [4.78, 5) is 3.23. The van der Waals surface area contributed by atoms with Gasteiger partial charge in [0.15, 0.2) is 0 Å². The number of quaternary nitrogens is 1. The Morgan fingerprint density at radius 3 is 2.43 bits per heavy atom. The lowest BCUT2D eigenvalue weighted by Gasteiger charge is -2.32. The van der Waals surface area contributed by atoms with Crippen molar-refractivity contribution in [3.05, 3.63) is 59.9 Å². The molecule has 0 unspecified atom stereocenters. The average molecular weight is 409 g/mol. The second kappa shape index (κ2) is 9.00. The number of anilines is 1. The zero-order chi connectivity index (χ0) is 20.1. The quantitative estimate of drug-likeness (QED) is 0.712. The number of hydrogen-bond donors (Lipinski definition) is 2. The highest BCUT2D eigenvalue weighted by Gasteiger charge is 2.28. The Balaban J connectivity index is 1.81. The minimum absolute atomic E-state index is 0.0524. The first-order chi connectivity index (χ1) is 13.4.